The van der Waals surface area contributed by atoms with E-state index >= 15 is 0 Å². The van der Waals surface area contributed by atoms with Crippen molar-refractivity contribution in [3.63, 3.8) is 0 Å². The van der Waals surface area contributed by atoms with Crippen LogP contribution in [0.2, 0.25) is 0 Å². The average molecular weight is 389 g/mol. The maximum Gasteiger partial charge on any atom is 0.339 e. The van der Waals surface area contributed by atoms with Gasteiger partial charge in [-0.1, -0.05) is 19.9 Å². The van der Waals surface area contributed by atoms with Gasteiger partial charge in [-0.25, -0.2) is 4.79 Å². The summed E-state index contributed by atoms with van der Waals surface area (Å²) in [5.74, 6) is -1.56. The molecule has 0 spiro atoms. The van der Waals surface area contributed by atoms with Crippen LogP contribution in [0.25, 0.3) is 11.0 Å². The molecule has 0 radical (unpaired) electrons. The summed E-state index contributed by atoms with van der Waals surface area (Å²) in [6, 6.07) is 8.96. The topological polar surface area (TPSA) is 117 Å². The van der Waals surface area contributed by atoms with Crippen LogP contribution in [0.3, 0.4) is 0 Å². The molecule has 27 heavy (non-hydrogen) atoms. The highest BCUT2D eigenvalue weighted by Crippen LogP contribution is 2.32. The molecule has 0 saturated carbocycles. The molecule has 0 amide bonds. The second-order valence-corrected chi connectivity index (χ2v) is 8.15. The number of hydrogen-bond acceptors (Lipinski definition) is 5. The quantitative estimate of drug-likeness (QED) is 0.606. The number of nitrogens with one attached hydrogen (secondary N) is 1. The molecule has 7 nitrogen and oxygen atoms in total. The number of aryl methyl sites for hydroxylation is 1. The summed E-state index contributed by atoms with van der Waals surface area (Å²) in [6.07, 6.45) is 0. The molecule has 0 aliphatic rings. The van der Waals surface area contributed by atoms with Gasteiger partial charge >= 0.3 is 5.97 Å². The van der Waals surface area contributed by atoms with Crippen molar-refractivity contribution in [2.24, 2.45) is 0 Å². The minimum atomic E-state index is -4.06. The van der Waals surface area contributed by atoms with Crippen LogP contribution in [0.15, 0.2) is 45.9 Å². The lowest BCUT2D eigenvalue weighted by Gasteiger charge is -2.08. The Morgan fingerprint density at radius 3 is 2.44 bits per heavy atom. The van der Waals surface area contributed by atoms with E-state index in [1.807, 2.05) is 26.0 Å². The van der Waals surface area contributed by atoms with Crippen LogP contribution in [0.5, 0.6) is 5.75 Å². The molecule has 0 aliphatic carbocycles. The van der Waals surface area contributed by atoms with Gasteiger partial charge in [-0.3, -0.25) is 4.72 Å². The number of furan rings is 1. The van der Waals surface area contributed by atoms with Crippen LogP contribution < -0.4 is 4.72 Å². The molecule has 8 heteroatoms. The van der Waals surface area contributed by atoms with E-state index in [2.05, 4.69) is 4.72 Å². The van der Waals surface area contributed by atoms with E-state index < -0.39 is 21.7 Å². The lowest BCUT2D eigenvalue weighted by Crippen LogP contribution is -2.13. The first-order chi connectivity index (χ1) is 12.6. The first-order valence-electron chi connectivity index (χ1n) is 8.22. The highest BCUT2D eigenvalue weighted by molar-refractivity contribution is 7.92. The van der Waals surface area contributed by atoms with E-state index in [-0.39, 0.29) is 22.3 Å². The normalized spacial score (nSPS) is 11.9. The molecule has 142 valence electrons. The Labute approximate surface area is 156 Å². The first-order valence-corrected chi connectivity index (χ1v) is 9.70. The molecule has 0 saturated heterocycles. The van der Waals surface area contributed by atoms with E-state index in [1.54, 1.807) is 13.0 Å². The summed E-state index contributed by atoms with van der Waals surface area (Å²) >= 11 is 0. The summed E-state index contributed by atoms with van der Waals surface area (Å²) in [7, 11) is -4.06. The third kappa shape index (κ3) is 3.48. The van der Waals surface area contributed by atoms with Gasteiger partial charge in [0, 0.05) is 17.0 Å². The van der Waals surface area contributed by atoms with Crippen molar-refractivity contribution in [1.29, 1.82) is 0 Å². The van der Waals surface area contributed by atoms with Gasteiger partial charge in [0.2, 0.25) is 5.09 Å². The van der Waals surface area contributed by atoms with E-state index in [4.69, 9.17) is 9.52 Å². The number of aromatic hydroxyl groups is 1. The van der Waals surface area contributed by atoms with Crippen LogP contribution in [0.1, 0.15) is 41.3 Å². The van der Waals surface area contributed by atoms with E-state index in [0.717, 1.165) is 17.7 Å². The first kappa shape index (κ1) is 18.8. The van der Waals surface area contributed by atoms with Gasteiger partial charge in [-0.05, 0) is 42.7 Å². The molecule has 1 aromatic heterocycles. The number of aromatic carboxylic acids is 1. The minimum absolute atomic E-state index is 0.0280. The van der Waals surface area contributed by atoms with Crippen molar-refractivity contribution in [1.82, 2.24) is 0 Å². The average Bonchev–Trinajstić information content (AvgIpc) is 2.91. The summed E-state index contributed by atoms with van der Waals surface area (Å²) in [4.78, 5) is 10.9. The van der Waals surface area contributed by atoms with Gasteiger partial charge < -0.3 is 14.6 Å². The van der Waals surface area contributed by atoms with Crippen molar-refractivity contribution < 1.29 is 27.8 Å². The summed E-state index contributed by atoms with van der Waals surface area (Å²) in [5.41, 5.74) is 1.71. The molecule has 0 atom stereocenters. The second kappa shape index (κ2) is 6.62. The number of carboxylic acid groups (broad SMARTS) is 1. The molecular weight excluding hydrogens is 370 g/mol. The van der Waals surface area contributed by atoms with Gasteiger partial charge in [0.25, 0.3) is 10.0 Å². The number of rotatable bonds is 5. The molecule has 3 N–H and O–H groups in total. The summed E-state index contributed by atoms with van der Waals surface area (Å²) < 4.78 is 33.3. The van der Waals surface area contributed by atoms with Crippen LogP contribution in [0.4, 0.5) is 5.69 Å². The minimum Gasteiger partial charge on any atom is -0.507 e. The number of carboxylic acids is 1. The number of sulfonamides is 1. The van der Waals surface area contributed by atoms with Crippen LogP contribution in [-0.2, 0) is 10.0 Å². The highest BCUT2D eigenvalue weighted by Gasteiger charge is 2.25. The smallest absolute Gasteiger partial charge is 0.339 e. The Kier molecular flexibility index (Phi) is 4.61. The van der Waals surface area contributed by atoms with E-state index in [1.165, 1.54) is 6.07 Å². The van der Waals surface area contributed by atoms with Gasteiger partial charge in [-0.15, -0.1) is 0 Å². The lowest BCUT2D eigenvalue weighted by atomic mass is 10.0. The maximum atomic E-state index is 12.7. The number of anilines is 1. The van der Waals surface area contributed by atoms with Crippen molar-refractivity contribution in [2.75, 3.05) is 4.72 Å². The number of carbonyl (C=O) groups is 1. The largest absolute Gasteiger partial charge is 0.507 e. The Balaban J connectivity index is 2.01. The van der Waals surface area contributed by atoms with Gasteiger partial charge in [-0.2, -0.15) is 8.42 Å². The van der Waals surface area contributed by atoms with E-state index in [0.29, 0.717) is 16.5 Å². The zero-order chi connectivity index (χ0) is 19.9. The van der Waals surface area contributed by atoms with Gasteiger partial charge in [0.15, 0.2) is 0 Å². The van der Waals surface area contributed by atoms with Crippen molar-refractivity contribution >= 4 is 32.6 Å². The third-order valence-corrected chi connectivity index (χ3v) is 5.69. The maximum absolute atomic E-state index is 12.7. The van der Waals surface area contributed by atoms with Gasteiger partial charge in [0.1, 0.15) is 16.9 Å². The Hall–Kier alpha value is -3.00. The Morgan fingerprint density at radius 2 is 1.85 bits per heavy atom. The SMILES string of the molecule is Cc1c(S(=O)(=O)Nc2ccc(C(=O)O)c(O)c2)oc2ccc(C(C)C)cc12. The fourth-order valence-electron chi connectivity index (χ4n) is 2.81. The number of hydrogen-bond donors (Lipinski definition) is 3. The zero-order valence-electron chi connectivity index (χ0n) is 15.0. The molecule has 2 aromatic carbocycles. The molecule has 0 aliphatic heterocycles. The molecule has 0 unspecified atom stereocenters. The lowest BCUT2D eigenvalue weighted by molar-refractivity contribution is 0.0694. The second-order valence-electron chi connectivity index (χ2n) is 6.57. The Bertz CT molecular complexity index is 1140. The van der Waals surface area contributed by atoms with Crippen LogP contribution in [0, 0.1) is 6.92 Å². The summed E-state index contributed by atoms with van der Waals surface area (Å²) in [6.45, 7) is 5.75. The van der Waals surface area contributed by atoms with E-state index in [9.17, 15) is 18.3 Å². The molecule has 3 rings (SSSR count). The molecule has 1 heterocycles. The standard InChI is InChI=1S/C19H19NO6S/c1-10(2)12-4-7-17-15(8-12)11(3)19(26-17)27(24,25)20-13-5-6-14(18(22)23)16(21)9-13/h4-10,20-21H,1-3H3,(H,22,23). The third-order valence-electron chi connectivity index (χ3n) is 4.31. The molecule has 0 bridgehead atoms. The fourth-order valence-corrected chi connectivity index (χ4v) is 4.05. The predicted octanol–water partition coefficient (Wildman–Crippen LogP) is 4.07. The van der Waals surface area contributed by atoms with Crippen LogP contribution >= 0.6 is 0 Å². The zero-order valence-corrected chi connectivity index (χ0v) is 15.8. The van der Waals surface area contributed by atoms with Gasteiger partial charge in [0.05, 0.1) is 5.69 Å². The number of phenols is 1. The molecule has 3 aromatic rings. The van der Waals surface area contributed by atoms with Crippen molar-refractivity contribution in [2.45, 2.75) is 31.8 Å². The monoisotopic (exact) mass is 389 g/mol. The van der Waals surface area contributed by atoms with Crippen LogP contribution in [-0.4, -0.2) is 24.6 Å². The fraction of sp³-hybridized carbons (Fsp3) is 0.211. The molecular formula is C19H19NO6S. The Morgan fingerprint density at radius 1 is 1.15 bits per heavy atom. The molecule has 0 fully saturated rings. The van der Waals surface area contributed by atoms with Crippen molar-refractivity contribution in [3.8, 4) is 5.75 Å². The number of fused-ring (bicyclic) bond motifs is 1. The van der Waals surface area contributed by atoms with Crippen molar-refractivity contribution in [3.05, 3.63) is 53.1 Å². The number of benzene rings is 2. The predicted molar refractivity (Wildman–Crippen MR) is 101 cm³/mol. The highest BCUT2D eigenvalue weighted by atomic mass is 32.2. The summed E-state index contributed by atoms with van der Waals surface area (Å²) in [5, 5.41) is 19.2.